The Balaban J connectivity index is 1.33. The van der Waals surface area contributed by atoms with E-state index >= 15 is 0 Å². The van der Waals surface area contributed by atoms with Crippen molar-refractivity contribution in [2.45, 2.75) is 63.3 Å². The third kappa shape index (κ3) is 4.32. The Labute approximate surface area is 219 Å². The summed E-state index contributed by atoms with van der Waals surface area (Å²) in [5, 5.41) is 2.77. The number of fused-ring (bicyclic) bond motifs is 2. The van der Waals surface area contributed by atoms with Gasteiger partial charge in [-0.25, -0.2) is 14.1 Å². The molecule has 0 unspecified atom stereocenters. The van der Waals surface area contributed by atoms with Gasteiger partial charge in [0.15, 0.2) is 0 Å². The first-order valence-corrected chi connectivity index (χ1v) is 12.7. The number of carbonyl (C=O) groups is 4. The van der Waals surface area contributed by atoms with Crippen molar-refractivity contribution in [1.82, 2.24) is 9.80 Å². The molecule has 0 aromatic heterocycles. The zero-order valence-corrected chi connectivity index (χ0v) is 21.5. The summed E-state index contributed by atoms with van der Waals surface area (Å²) in [6.45, 7) is 3.12. The van der Waals surface area contributed by atoms with E-state index in [1.807, 2.05) is 6.92 Å². The number of nitrogens with one attached hydrogen (secondary N) is 1. The van der Waals surface area contributed by atoms with E-state index in [0.29, 0.717) is 24.1 Å². The van der Waals surface area contributed by atoms with Crippen LogP contribution in [0.25, 0.3) is 0 Å². The summed E-state index contributed by atoms with van der Waals surface area (Å²) in [5.74, 6) is -1.59. The van der Waals surface area contributed by atoms with Gasteiger partial charge in [-0.3, -0.25) is 14.4 Å². The van der Waals surface area contributed by atoms with Crippen molar-refractivity contribution in [3.8, 4) is 0 Å². The average molecular weight is 524 g/mol. The highest BCUT2D eigenvalue weighted by Gasteiger charge is 2.58. The third-order valence-corrected chi connectivity index (χ3v) is 7.85. The van der Waals surface area contributed by atoms with Crippen molar-refractivity contribution in [3.63, 3.8) is 0 Å². The Morgan fingerprint density at radius 1 is 1.18 bits per heavy atom. The molecule has 2 aromatic rings. The van der Waals surface area contributed by atoms with E-state index in [4.69, 9.17) is 9.47 Å². The van der Waals surface area contributed by atoms with E-state index in [-0.39, 0.29) is 36.1 Å². The summed E-state index contributed by atoms with van der Waals surface area (Å²) >= 11 is 0. The molecule has 200 valence electrons. The smallest absolute Gasteiger partial charge is 0.418 e. The standard InChI is InChI=1S/C28H30FN3O6/c1-16-4-11-23(18-5-7-20(29)8-6-18)32(16)24(33)15-31-26(35)28(38-27(31)36)13-12-19-14-21(9-10-22(19)28)30-25(34)17(2)37-3/h5-10,14,16-17,23H,4,11-13,15H2,1-3H3,(H,30,34)/t16-,17-,23-,28+/m0/s1. The van der Waals surface area contributed by atoms with Gasteiger partial charge in [0.05, 0.1) is 6.04 Å². The largest absolute Gasteiger partial charge is 0.427 e. The molecule has 4 atom stereocenters. The first-order valence-electron chi connectivity index (χ1n) is 12.7. The highest BCUT2D eigenvalue weighted by molar-refractivity contribution is 6.06. The second-order valence-corrected chi connectivity index (χ2v) is 10.1. The monoisotopic (exact) mass is 523 g/mol. The van der Waals surface area contributed by atoms with Gasteiger partial charge in [-0.15, -0.1) is 0 Å². The quantitative estimate of drug-likeness (QED) is 0.620. The van der Waals surface area contributed by atoms with Gasteiger partial charge >= 0.3 is 6.09 Å². The van der Waals surface area contributed by atoms with Crippen molar-refractivity contribution in [2.24, 2.45) is 0 Å². The molecule has 38 heavy (non-hydrogen) atoms. The first-order chi connectivity index (χ1) is 18.1. The van der Waals surface area contributed by atoms with Crippen molar-refractivity contribution >= 4 is 29.5 Å². The zero-order valence-electron chi connectivity index (χ0n) is 21.5. The molecular weight excluding hydrogens is 493 g/mol. The molecule has 4 amide bonds. The summed E-state index contributed by atoms with van der Waals surface area (Å²) in [7, 11) is 1.45. The summed E-state index contributed by atoms with van der Waals surface area (Å²) < 4.78 is 24.1. The maximum absolute atomic E-state index is 13.6. The van der Waals surface area contributed by atoms with E-state index in [9.17, 15) is 23.6 Å². The minimum atomic E-state index is -1.48. The number of hydrogen-bond donors (Lipinski definition) is 1. The Hall–Kier alpha value is -3.79. The lowest BCUT2D eigenvalue weighted by Crippen LogP contribution is -2.46. The summed E-state index contributed by atoms with van der Waals surface area (Å²) in [6, 6.07) is 10.8. The van der Waals surface area contributed by atoms with Gasteiger partial charge in [-0.2, -0.15) is 0 Å². The highest BCUT2D eigenvalue weighted by atomic mass is 19.1. The van der Waals surface area contributed by atoms with E-state index in [1.54, 1.807) is 42.2 Å². The number of imide groups is 1. The second kappa shape index (κ2) is 9.83. The Morgan fingerprint density at radius 3 is 2.63 bits per heavy atom. The number of halogens is 1. The summed E-state index contributed by atoms with van der Waals surface area (Å²) in [6.07, 6.45) is 0.700. The number of ether oxygens (including phenoxy) is 2. The van der Waals surface area contributed by atoms with Gasteiger partial charge in [0, 0.05) is 30.8 Å². The van der Waals surface area contributed by atoms with E-state index < -0.39 is 30.3 Å². The first kappa shape index (κ1) is 25.8. The number of rotatable bonds is 6. The van der Waals surface area contributed by atoms with Crippen molar-refractivity contribution in [3.05, 3.63) is 65.0 Å². The zero-order chi connectivity index (χ0) is 27.2. The maximum atomic E-state index is 13.6. The van der Waals surface area contributed by atoms with Crippen molar-refractivity contribution < 1.29 is 33.0 Å². The lowest BCUT2D eigenvalue weighted by Gasteiger charge is -2.30. The van der Waals surface area contributed by atoms with Crippen LogP contribution in [0.5, 0.6) is 0 Å². The Morgan fingerprint density at radius 2 is 1.92 bits per heavy atom. The number of carbonyl (C=O) groups excluding carboxylic acids is 4. The molecule has 0 radical (unpaired) electrons. The van der Waals surface area contributed by atoms with E-state index in [1.165, 1.54) is 19.2 Å². The fraction of sp³-hybridized carbons (Fsp3) is 0.429. The lowest BCUT2D eigenvalue weighted by atomic mass is 9.94. The van der Waals surface area contributed by atoms with E-state index in [2.05, 4.69) is 5.32 Å². The molecule has 0 bridgehead atoms. The van der Waals surface area contributed by atoms with Crippen molar-refractivity contribution in [2.75, 3.05) is 19.0 Å². The molecule has 1 N–H and O–H groups in total. The van der Waals surface area contributed by atoms with Crippen LogP contribution in [0.15, 0.2) is 42.5 Å². The third-order valence-electron chi connectivity index (χ3n) is 7.85. The van der Waals surface area contributed by atoms with Gasteiger partial charge < -0.3 is 19.7 Å². The van der Waals surface area contributed by atoms with Crippen LogP contribution in [0.4, 0.5) is 14.9 Å². The van der Waals surface area contributed by atoms with Gasteiger partial charge in [-0.1, -0.05) is 18.2 Å². The predicted molar refractivity (Wildman–Crippen MR) is 134 cm³/mol. The highest BCUT2D eigenvalue weighted by Crippen LogP contribution is 2.46. The molecule has 3 aliphatic rings. The van der Waals surface area contributed by atoms with Crippen LogP contribution in [0.1, 0.15) is 55.8 Å². The number of anilines is 1. The number of hydrogen-bond acceptors (Lipinski definition) is 6. The molecule has 2 aliphatic heterocycles. The van der Waals surface area contributed by atoms with Crippen LogP contribution in [0, 0.1) is 5.82 Å². The Kier molecular flexibility index (Phi) is 6.68. The van der Waals surface area contributed by atoms with E-state index in [0.717, 1.165) is 22.4 Å². The molecule has 2 aromatic carbocycles. The molecule has 1 spiro atoms. The summed E-state index contributed by atoms with van der Waals surface area (Å²) in [5.41, 5.74) is 1.22. The lowest BCUT2D eigenvalue weighted by molar-refractivity contribution is -0.143. The molecule has 1 aliphatic carbocycles. The molecular formula is C28H30FN3O6. The molecule has 9 nitrogen and oxygen atoms in total. The number of nitrogens with zero attached hydrogens (tertiary/aromatic N) is 2. The average Bonchev–Trinajstić information content (AvgIpc) is 3.54. The van der Waals surface area contributed by atoms with Crippen LogP contribution in [0.2, 0.25) is 0 Å². The fourth-order valence-corrected chi connectivity index (χ4v) is 5.71. The maximum Gasteiger partial charge on any atom is 0.418 e. The summed E-state index contributed by atoms with van der Waals surface area (Å²) in [4.78, 5) is 54.7. The number of amides is 4. The molecule has 2 saturated heterocycles. The molecule has 2 heterocycles. The van der Waals surface area contributed by atoms with Crippen LogP contribution >= 0.6 is 0 Å². The number of benzene rings is 2. The fourth-order valence-electron chi connectivity index (χ4n) is 5.71. The Bertz CT molecular complexity index is 1300. The van der Waals surface area contributed by atoms with Crippen LogP contribution in [0.3, 0.4) is 0 Å². The number of methoxy groups -OCH3 is 1. The molecule has 0 saturated carbocycles. The molecule has 10 heteroatoms. The van der Waals surface area contributed by atoms with Gasteiger partial charge in [0.1, 0.15) is 18.5 Å². The molecule has 5 rings (SSSR count). The van der Waals surface area contributed by atoms with Gasteiger partial charge in [0.2, 0.25) is 11.5 Å². The number of aryl methyl sites for hydroxylation is 1. The topological polar surface area (TPSA) is 105 Å². The minimum absolute atomic E-state index is 0.0955. The van der Waals surface area contributed by atoms with Crippen LogP contribution < -0.4 is 5.32 Å². The van der Waals surface area contributed by atoms with Gasteiger partial charge in [0.25, 0.3) is 11.8 Å². The normalized spacial score (nSPS) is 25.1. The second-order valence-electron chi connectivity index (χ2n) is 10.1. The minimum Gasteiger partial charge on any atom is -0.427 e. The van der Waals surface area contributed by atoms with Crippen LogP contribution in [-0.4, -0.2) is 59.4 Å². The van der Waals surface area contributed by atoms with Crippen LogP contribution in [-0.2, 0) is 35.9 Å². The predicted octanol–water partition coefficient (Wildman–Crippen LogP) is 3.67. The van der Waals surface area contributed by atoms with Crippen molar-refractivity contribution in [1.29, 1.82) is 0 Å². The molecule has 2 fully saturated rings. The van der Waals surface area contributed by atoms with Gasteiger partial charge in [-0.05, 0) is 68.5 Å². The SMILES string of the molecule is CO[C@@H](C)C(=O)Nc1ccc2c(c1)CC[C@@]21OC(=O)N(CC(=O)N2[C@@H](C)CC[C@H]2c2ccc(F)cc2)C1=O. The number of likely N-dealkylation sites (tertiary alicyclic amines) is 1.